The number of carbonyl (C=O) groups excluding carboxylic acids is 1. The van der Waals surface area contributed by atoms with E-state index in [0.717, 1.165) is 39.3 Å². The summed E-state index contributed by atoms with van der Waals surface area (Å²) in [6, 6.07) is 7.54. The first-order valence-electron chi connectivity index (χ1n) is 7.55. The second-order valence-electron chi connectivity index (χ2n) is 5.87. The minimum Gasteiger partial charge on any atom is -0.488 e. The fraction of sp³-hybridized carbons (Fsp3) is 0.278. The molecule has 2 aliphatic heterocycles. The Balaban J connectivity index is 1.90. The molecule has 0 spiro atoms. The van der Waals surface area contributed by atoms with Gasteiger partial charge in [0, 0.05) is 33.1 Å². The van der Waals surface area contributed by atoms with Gasteiger partial charge < -0.3 is 14.6 Å². The Morgan fingerprint density at radius 3 is 2.29 bits per heavy atom. The van der Waals surface area contributed by atoms with E-state index in [0.29, 0.717) is 24.1 Å². The zero-order chi connectivity index (χ0) is 16.8. The first-order chi connectivity index (χ1) is 11.6. The fourth-order valence-corrected chi connectivity index (χ4v) is 3.92. The van der Waals surface area contributed by atoms with Gasteiger partial charge in [0.1, 0.15) is 24.7 Å². The number of aliphatic hydroxyl groups is 1. The van der Waals surface area contributed by atoms with Gasteiger partial charge in [0.15, 0.2) is 5.78 Å². The Kier molecular flexibility index (Phi) is 4.14. The van der Waals surface area contributed by atoms with Crippen molar-refractivity contribution in [3.63, 3.8) is 0 Å². The molecule has 6 heteroatoms. The van der Waals surface area contributed by atoms with E-state index in [-0.39, 0.29) is 11.1 Å². The average Bonchev–Trinajstić information content (AvgIpc) is 2.63. The topological polar surface area (TPSA) is 55.8 Å². The van der Waals surface area contributed by atoms with E-state index in [1.165, 1.54) is 0 Å². The second kappa shape index (κ2) is 6.17. The highest BCUT2D eigenvalue weighted by molar-refractivity contribution is 9.09. The summed E-state index contributed by atoms with van der Waals surface area (Å²) < 4.78 is 11.8. The third-order valence-corrected chi connectivity index (χ3v) is 5.50. The molecule has 2 aromatic rings. The van der Waals surface area contributed by atoms with Crippen LogP contribution in [0, 0.1) is 0 Å². The predicted octanol–water partition coefficient (Wildman–Crippen LogP) is 4.14. The Morgan fingerprint density at radius 2 is 1.67 bits per heavy atom. The smallest absolute Gasteiger partial charge is 0.173 e. The van der Waals surface area contributed by atoms with E-state index in [9.17, 15) is 9.90 Å². The second-order valence-corrected chi connectivity index (χ2v) is 7.07. The minimum atomic E-state index is -0.586. The highest BCUT2D eigenvalue weighted by Crippen LogP contribution is 2.49. The Bertz CT molecular complexity index is 797. The summed E-state index contributed by atoms with van der Waals surface area (Å²) in [6.45, 7) is 0.780. The van der Waals surface area contributed by atoms with Crippen LogP contribution in [-0.2, 0) is 13.2 Å². The van der Waals surface area contributed by atoms with E-state index in [4.69, 9.17) is 9.47 Å². The molecule has 0 fully saturated rings. The lowest BCUT2D eigenvalue weighted by molar-refractivity contribution is 0.102. The Labute approximate surface area is 156 Å². The molecule has 2 aromatic carbocycles. The van der Waals surface area contributed by atoms with Crippen LogP contribution >= 0.6 is 31.9 Å². The van der Waals surface area contributed by atoms with Gasteiger partial charge in [0.2, 0.25) is 0 Å². The van der Waals surface area contributed by atoms with Crippen LogP contribution in [0.25, 0.3) is 11.1 Å². The molecule has 4 nitrogen and oxygen atoms in total. The van der Waals surface area contributed by atoms with Crippen LogP contribution < -0.4 is 9.47 Å². The molecule has 24 heavy (non-hydrogen) atoms. The summed E-state index contributed by atoms with van der Waals surface area (Å²) in [5, 5.41) is 10.8. The van der Waals surface area contributed by atoms with Crippen molar-refractivity contribution in [3.05, 3.63) is 46.5 Å². The van der Waals surface area contributed by atoms with Gasteiger partial charge in [0.05, 0.1) is 11.4 Å². The molecule has 0 saturated heterocycles. The van der Waals surface area contributed by atoms with Crippen molar-refractivity contribution in [1.82, 2.24) is 0 Å². The van der Waals surface area contributed by atoms with Crippen molar-refractivity contribution in [2.75, 3.05) is 10.7 Å². The number of hydrogen-bond donors (Lipinski definition) is 1. The van der Waals surface area contributed by atoms with E-state index >= 15 is 0 Å². The molecule has 0 bridgehead atoms. The molecule has 4 rings (SSSR count). The summed E-state index contributed by atoms with van der Waals surface area (Å²) in [4.78, 5) is 12.0. The molecule has 2 aliphatic rings. The van der Waals surface area contributed by atoms with Crippen molar-refractivity contribution in [2.24, 2.45) is 0 Å². The number of alkyl halides is 2. The lowest BCUT2D eigenvalue weighted by Crippen LogP contribution is -2.17. The zero-order valence-corrected chi connectivity index (χ0v) is 15.8. The monoisotopic (exact) mass is 452 g/mol. The summed E-state index contributed by atoms with van der Waals surface area (Å²) in [5.74, 6) is 1.51. The summed E-state index contributed by atoms with van der Waals surface area (Å²) in [6.07, 6.45) is -0.586. The summed E-state index contributed by atoms with van der Waals surface area (Å²) in [5.41, 5.74) is 5.41. The van der Waals surface area contributed by atoms with Gasteiger partial charge in [-0.1, -0.05) is 31.9 Å². The summed E-state index contributed by atoms with van der Waals surface area (Å²) in [7, 11) is 0. The molecule has 1 atom stereocenters. The van der Waals surface area contributed by atoms with E-state index in [2.05, 4.69) is 31.9 Å². The van der Waals surface area contributed by atoms with Gasteiger partial charge in [-0.05, 0) is 29.8 Å². The first kappa shape index (κ1) is 16.1. The molecule has 0 aliphatic carbocycles. The van der Waals surface area contributed by atoms with Crippen LogP contribution in [-0.4, -0.2) is 21.5 Å². The lowest BCUT2D eigenvalue weighted by Gasteiger charge is -2.30. The van der Waals surface area contributed by atoms with Crippen molar-refractivity contribution in [3.8, 4) is 22.6 Å². The molecule has 1 N–H and O–H groups in total. The van der Waals surface area contributed by atoms with Gasteiger partial charge in [-0.25, -0.2) is 0 Å². The predicted molar refractivity (Wildman–Crippen MR) is 97.4 cm³/mol. The van der Waals surface area contributed by atoms with Gasteiger partial charge in [0.25, 0.3) is 0 Å². The maximum atomic E-state index is 12.0. The van der Waals surface area contributed by atoms with Crippen molar-refractivity contribution >= 4 is 37.6 Å². The van der Waals surface area contributed by atoms with Crippen molar-refractivity contribution < 1.29 is 19.4 Å². The molecule has 1 unspecified atom stereocenters. The first-order valence-corrected chi connectivity index (χ1v) is 9.79. The number of Topliss-reactive ketones (excluding diaryl/α,β-unsaturated/α-hetero) is 1. The van der Waals surface area contributed by atoms with Gasteiger partial charge in [-0.15, -0.1) is 0 Å². The van der Waals surface area contributed by atoms with Crippen LogP contribution in [0.1, 0.15) is 33.2 Å². The molecule has 0 saturated carbocycles. The van der Waals surface area contributed by atoms with Crippen LogP contribution in [0.3, 0.4) is 0 Å². The number of carbonyl (C=O) groups is 1. The number of rotatable bonds is 4. The van der Waals surface area contributed by atoms with Crippen molar-refractivity contribution in [1.29, 1.82) is 0 Å². The molecule has 124 valence electrons. The number of benzene rings is 2. The van der Waals surface area contributed by atoms with Crippen LogP contribution in [0.4, 0.5) is 0 Å². The number of halogens is 2. The number of ether oxygens (including phenoxy) is 2. The van der Waals surface area contributed by atoms with Gasteiger partial charge in [-0.2, -0.15) is 0 Å². The molecule has 0 aromatic heterocycles. The van der Waals surface area contributed by atoms with Crippen molar-refractivity contribution in [2.45, 2.75) is 19.3 Å². The van der Waals surface area contributed by atoms with Gasteiger partial charge >= 0.3 is 0 Å². The highest BCUT2D eigenvalue weighted by atomic mass is 79.9. The van der Waals surface area contributed by atoms with Gasteiger partial charge in [-0.3, -0.25) is 4.79 Å². The molecule has 2 heterocycles. The van der Waals surface area contributed by atoms with E-state index < -0.39 is 6.10 Å². The van der Waals surface area contributed by atoms with E-state index in [1.54, 1.807) is 0 Å². The number of aliphatic hydroxyl groups excluding tert-OH is 1. The Morgan fingerprint density at radius 1 is 1.04 bits per heavy atom. The lowest BCUT2D eigenvalue weighted by atomic mass is 9.87. The fourth-order valence-electron chi connectivity index (χ4n) is 3.22. The normalized spacial score (nSPS) is 15.1. The largest absolute Gasteiger partial charge is 0.488 e. The minimum absolute atomic E-state index is 0.0186. The third kappa shape index (κ3) is 2.48. The average molecular weight is 454 g/mol. The molecular weight excluding hydrogens is 440 g/mol. The SMILES string of the molecule is O=C(CBr)c1cc2c3c(c1)OCc1cc(C(O)CBr)cc(c1-3)OC2. The molecule has 0 amide bonds. The standard InChI is InChI=1S/C18H14Br2O4/c19-5-13(21)9-1-11-7-23-16-4-10(14(22)6-20)2-12-8-24-15(3-9)17(11)18(12)16/h1-4,13,21H,5-8H2. The maximum Gasteiger partial charge on any atom is 0.173 e. The number of hydrogen-bond acceptors (Lipinski definition) is 4. The summed E-state index contributed by atoms with van der Waals surface area (Å²) >= 11 is 6.51. The third-order valence-electron chi connectivity index (χ3n) is 4.38. The number of ketones is 1. The van der Waals surface area contributed by atoms with E-state index in [1.807, 2.05) is 24.3 Å². The maximum absolute atomic E-state index is 12.0. The van der Waals surface area contributed by atoms with Crippen LogP contribution in [0.15, 0.2) is 24.3 Å². The zero-order valence-electron chi connectivity index (χ0n) is 12.6. The highest BCUT2D eigenvalue weighted by Gasteiger charge is 2.30. The Hall–Kier alpha value is -1.37. The quantitative estimate of drug-likeness (QED) is 0.558. The van der Waals surface area contributed by atoms with Crippen LogP contribution in [0.5, 0.6) is 11.5 Å². The van der Waals surface area contributed by atoms with Crippen LogP contribution in [0.2, 0.25) is 0 Å². The molecular formula is C18H14Br2O4. The molecule has 0 radical (unpaired) electrons.